The molecule has 0 bridgehead atoms. The highest BCUT2D eigenvalue weighted by atomic mass is 19.1. The Kier molecular flexibility index (Phi) is 4.84. The van der Waals surface area contributed by atoms with Crippen LogP contribution in [0.15, 0.2) is 72.9 Å². The maximum absolute atomic E-state index is 14.0. The monoisotopic (exact) mass is 386 g/mol. The van der Waals surface area contributed by atoms with E-state index in [0.717, 1.165) is 55.3 Å². The second kappa shape index (κ2) is 7.78. The van der Waals surface area contributed by atoms with Gasteiger partial charge in [0.15, 0.2) is 0 Å². The molecule has 3 heterocycles. The number of nitrogens with zero attached hydrogens (tertiary/aromatic N) is 3. The topological polar surface area (TPSA) is 32.6 Å². The SMILES string of the molecule is Fc1ccc2nc(-c3ccc(-c4ccccc4)cc3)c(CN3CCNCC3)n2c1. The zero-order valence-corrected chi connectivity index (χ0v) is 16.2. The van der Waals surface area contributed by atoms with Crippen LogP contribution in [-0.2, 0) is 6.54 Å². The van der Waals surface area contributed by atoms with Crippen LogP contribution in [0, 0.1) is 5.82 Å². The van der Waals surface area contributed by atoms with E-state index in [1.54, 1.807) is 12.3 Å². The highest BCUT2D eigenvalue weighted by Crippen LogP contribution is 2.28. The summed E-state index contributed by atoms with van der Waals surface area (Å²) in [5.74, 6) is -0.248. The molecule has 2 aromatic carbocycles. The fraction of sp³-hybridized carbons (Fsp3) is 0.208. The van der Waals surface area contributed by atoms with Gasteiger partial charge in [-0.2, -0.15) is 0 Å². The molecule has 1 saturated heterocycles. The third kappa shape index (κ3) is 3.67. The second-order valence-corrected chi connectivity index (χ2v) is 7.45. The minimum absolute atomic E-state index is 0.248. The summed E-state index contributed by atoms with van der Waals surface area (Å²) >= 11 is 0. The lowest BCUT2D eigenvalue weighted by Gasteiger charge is -2.27. The smallest absolute Gasteiger partial charge is 0.139 e. The lowest BCUT2D eigenvalue weighted by Crippen LogP contribution is -2.43. The molecule has 0 spiro atoms. The molecule has 4 nitrogen and oxygen atoms in total. The van der Waals surface area contributed by atoms with Crippen LogP contribution in [0.1, 0.15) is 5.69 Å². The largest absolute Gasteiger partial charge is 0.314 e. The zero-order chi connectivity index (χ0) is 19.6. The van der Waals surface area contributed by atoms with Gasteiger partial charge in [-0.15, -0.1) is 0 Å². The Bertz CT molecular complexity index is 1110. The Morgan fingerprint density at radius 1 is 0.828 bits per heavy atom. The highest BCUT2D eigenvalue weighted by Gasteiger charge is 2.19. The number of hydrogen-bond acceptors (Lipinski definition) is 3. The summed E-state index contributed by atoms with van der Waals surface area (Å²) in [5, 5.41) is 3.38. The quantitative estimate of drug-likeness (QED) is 0.570. The summed E-state index contributed by atoms with van der Waals surface area (Å²) < 4.78 is 15.9. The van der Waals surface area contributed by atoms with Crippen LogP contribution in [0.4, 0.5) is 4.39 Å². The number of benzene rings is 2. The molecule has 5 rings (SSSR count). The molecule has 29 heavy (non-hydrogen) atoms. The maximum Gasteiger partial charge on any atom is 0.139 e. The average Bonchev–Trinajstić information content (AvgIpc) is 3.13. The van der Waals surface area contributed by atoms with Crippen LogP contribution < -0.4 is 5.32 Å². The molecular weight excluding hydrogens is 363 g/mol. The molecule has 1 N–H and O–H groups in total. The van der Waals surface area contributed by atoms with Crippen molar-refractivity contribution in [3.05, 3.63) is 84.4 Å². The number of hydrogen-bond donors (Lipinski definition) is 1. The fourth-order valence-electron chi connectivity index (χ4n) is 3.98. The van der Waals surface area contributed by atoms with Crippen molar-refractivity contribution in [1.82, 2.24) is 19.6 Å². The first-order valence-electron chi connectivity index (χ1n) is 10.0. The molecule has 0 radical (unpaired) electrons. The summed E-state index contributed by atoms with van der Waals surface area (Å²) in [6.07, 6.45) is 1.54. The standard InChI is InChI=1S/C24H23FN4/c25-21-10-11-23-27-24(22(29(23)16-21)17-28-14-12-26-13-15-28)20-8-6-19(7-9-20)18-4-2-1-3-5-18/h1-11,16,26H,12-15,17H2. The number of imidazole rings is 1. The van der Waals surface area contributed by atoms with Crippen molar-refractivity contribution in [3.63, 3.8) is 0 Å². The highest BCUT2D eigenvalue weighted by molar-refractivity contribution is 5.71. The van der Waals surface area contributed by atoms with Gasteiger partial charge in [0, 0.05) is 44.5 Å². The van der Waals surface area contributed by atoms with Crippen molar-refractivity contribution in [3.8, 4) is 22.4 Å². The summed E-state index contributed by atoms with van der Waals surface area (Å²) in [6.45, 7) is 4.67. The first kappa shape index (κ1) is 18.0. The van der Waals surface area contributed by atoms with Gasteiger partial charge in [0.1, 0.15) is 11.5 Å². The Morgan fingerprint density at radius 3 is 2.28 bits per heavy atom. The first-order valence-corrected chi connectivity index (χ1v) is 10.0. The number of pyridine rings is 1. The molecule has 1 aliphatic heterocycles. The van der Waals surface area contributed by atoms with Crippen LogP contribution >= 0.6 is 0 Å². The van der Waals surface area contributed by atoms with Crippen LogP contribution in [0.3, 0.4) is 0 Å². The Balaban J connectivity index is 1.55. The third-order valence-electron chi connectivity index (χ3n) is 5.53. The number of fused-ring (bicyclic) bond motifs is 1. The minimum atomic E-state index is -0.248. The van der Waals surface area contributed by atoms with E-state index in [1.165, 1.54) is 17.2 Å². The van der Waals surface area contributed by atoms with E-state index < -0.39 is 0 Å². The molecule has 0 saturated carbocycles. The van der Waals surface area contributed by atoms with Crippen molar-refractivity contribution in [1.29, 1.82) is 0 Å². The molecule has 5 heteroatoms. The molecule has 0 unspecified atom stereocenters. The third-order valence-corrected chi connectivity index (χ3v) is 5.53. The summed E-state index contributed by atoms with van der Waals surface area (Å²) in [6, 6.07) is 22.0. The Labute approximate surface area is 169 Å². The van der Waals surface area contributed by atoms with Crippen LogP contribution in [0.5, 0.6) is 0 Å². The molecule has 0 aliphatic carbocycles. The fourth-order valence-corrected chi connectivity index (χ4v) is 3.98. The summed E-state index contributed by atoms with van der Waals surface area (Å²) in [7, 11) is 0. The van der Waals surface area contributed by atoms with Crippen LogP contribution in [-0.4, -0.2) is 40.5 Å². The number of halogens is 1. The summed E-state index contributed by atoms with van der Waals surface area (Å²) in [5.41, 5.74) is 6.16. The zero-order valence-electron chi connectivity index (χ0n) is 16.2. The number of nitrogens with one attached hydrogen (secondary N) is 1. The van der Waals surface area contributed by atoms with Gasteiger partial charge in [-0.25, -0.2) is 9.37 Å². The van der Waals surface area contributed by atoms with Crippen molar-refractivity contribution in [2.24, 2.45) is 0 Å². The van der Waals surface area contributed by atoms with E-state index in [0.29, 0.717) is 0 Å². The predicted molar refractivity (Wildman–Crippen MR) is 114 cm³/mol. The van der Waals surface area contributed by atoms with Crippen LogP contribution in [0.25, 0.3) is 28.0 Å². The van der Waals surface area contributed by atoms with Gasteiger partial charge < -0.3 is 5.32 Å². The van der Waals surface area contributed by atoms with Crippen LogP contribution in [0.2, 0.25) is 0 Å². The molecule has 2 aromatic heterocycles. The molecule has 1 aliphatic rings. The lowest BCUT2D eigenvalue weighted by molar-refractivity contribution is 0.230. The molecule has 4 aromatic rings. The van der Waals surface area contributed by atoms with E-state index in [-0.39, 0.29) is 5.82 Å². The molecule has 0 atom stereocenters. The second-order valence-electron chi connectivity index (χ2n) is 7.45. The van der Waals surface area contributed by atoms with Gasteiger partial charge in [0.25, 0.3) is 0 Å². The van der Waals surface area contributed by atoms with E-state index in [1.807, 2.05) is 22.6 Å². The van der Waals surface area contributed by atoms with E-state index in [9.17, 15) is 4.39 Å². The average molecular weight is 386 g/mol. The summed E-state index contributed by atoms with van der Waals surface area (Å²) in [4.78, 5) is 7.24. The number of rotatable bonds is 4. The molecule has 146 valence electrons. The van der Waals surface area contributed by atoms with E-state index >= 15 is 0 Å². The van der Waals surface area contributed by atoms with E-state index in [4.69, 9.17) is 4.98 Å². The minimum Gasteiger partial charge on any atom is -0.314 e. The first-order chi connectivity index (χ1) is 14.3. The van der Waals surface area contributed by atoms with Gasteiger partial charge in [-0.3, -0.25) is 9.30 Å². The van der Waals surface area contributed by atoms with Crippen molar-refractivity contribution in [2.45, 2.75) is 6.54 Å². The number of aromatic nitrogens is 2. The van der Waals surface area contributed by atoms with Gasteiger partial charge >= 0.3 is 0 Å². The van der Waals surface area contributed by atoms with E-state index in [2.05, 4.69) is 46.6 Å². The number of piperazine rings is 1. The Hall–Kier alpha value is -3.02. The lowest BCUT2D eigenvalue weighted by atomic mass is 10.0. The molecule has 1 fully saturated rings. The van der Waals surface area contributed by atoms with Gasteiger partial charge in [0.2, 0.25) is 0 Å². The molecule has 0 amide bonds. The maximum atomic E-state index is 14.0. The predicted octanol–water partition coefficient (Wildman–Crippen LogP) is 4.21. The molecular formula is C24H23FN4. The van der Waals surface area contributed by atoms with Crippen molar-refractivity contribution < 1.29 is 4.39 Å². The Morgan fingerprint density at radius 2 is 1.52 bits per heavy atom. The normalized spacial score (nSPS) is 15.1. The van der Waals surface area contributed by atoms with Crippen molar-refractivity contribution in [2.75, 3.05) is 26.2 Å². The van der Waals surface area contributed by atoms with Gasteiger partial charge in [-0.1, -0.05) is 54.6 Å². The van der Waals surface area contributed by atoms with Gasteiger partial charge in [-0.05, 0) is 23.3 Å². The van der Waals surface area contributed by atoms with Crippen molar-refractivity contribution >= 4 is 5.65 Å². The van der Waals surface area contributed by atoms with Gasteiger partial charge in [0.05, 0.1) is 11.4 Å².